The smallest absolute Gasteiger partial charge is 0.168 e. The third kappa shape index (κ3) is 3.01. The number of rotatable bonds is 5. The Hall–Kier alpha value is -1.45. The lowest BCUT2D eigenvalue weighted by Gasteiger charge is -2.08. The summed E-state index contributed by atoms with van der Waals surface area (Å²) in [7, 11) is 1.33. The highest BCUT2D eigenvalue weighted by atomic mass is 19.1. The van der Waals surface area contributed by atoms with E-state index in [1.54, 1.807) is 0 Å². The molecule has 0 aromatic heterocycles. The maximum absolute atomic E-state index is 13.2. The van der Waals surface area contributed by atoms with E-state index in [0.29, 0.717) is 24.8 Å². The molecule has 0 N–H and O–H groups in total. The van der Waals surface area contributed by atoms with Gasteiger partial charge in [0.2, 0.25) is 0 Å². The van der Waals surface area contributed by atoms with Gasteiger partial charge in [-0.25, -0.2) is 8.78 Å². The van der Waals surface area contributed by atoms with Crippen molar-refractivity contribution in [1.29, 1.82) is 0 Å². The Balaban J connectivity index is 2.88. The highest BCUT2D eigenvalue weighted by molar-refractivity contribution is 5.49. The Bertz CT molecular complexity index is 351. The average molecular weight is 214 g/mol. The fraction of sp³-hybridized carbons (Fsp3) is 0.364. The van der Waals surface area contributed by atoms with Gasteiger partial charge in [-0.3, -0.25) is 0 Å². The maximum Gasteiger partial charge on any atom is 0.168 e. The minimum Gasteiger partial charge on any atom is -0.493 e. The molecule has 1 aromatic carbocycles. The van der Waals surface area contributed by atoms with E-state index in [-0.39, 0.29) is 5.75 Å². The maximum atomic E-state index is 13.2. The number of ether oxygens (including phenoxy) is 1. The molecule has 0 fully saturated rings. The number of aldehydes is 1. The lowest BCUT2D eigenvalue weighted by atomic mass is 10.1. The summed E-state index contributed by atoms with van der Waals surface area (Å²) in [6, 6.07) is 2.01. The minimum atomic E-state index is -0.710. The molecule has 82 valence electrons. The zero-order chi connectivity index (χ0) is 11.3. The normalized spacial score (nSPS) is 10.1. The SMILES string of the molecule is COc1c(F)cc(F)cc1CCCC=O. The van der Waals surface area contributed by atoms with Crippen molar-refractivity contribution in [1.82, 2.24) is 0 Å². The molecule has 0 unspecified atom stereocenters. The van der Waals surface area contributed by atoms with Crippen LogP contribution in [0.2, 0.25) is 0 Å². The molecule has 0 radical (unpaired) electrons. The lowest BCUT2D eigenvalue weighted by molar-refractivity contribution is -0.107. The molecule has 15 heavy (non-hydrogen) atoms. The van der Waals surface area contributed by atoms with E-state index in [0.717, 1.165) is 12.4 Å². The summed E-state index contributed by atoms with van der Waals surface area (Å²) >= 11 is 0. The summed E-state index contributed by atoms with van der Waals surface area (Å²) < 4.78 is 30.9. The molecule has 0 aliphatic carbocycles. The van der Waals surface area contributed by atoms with Crippen LogP contribution < -0.4 is 4.74 Å². The van der Waals surface area contributed by atoms with Crippen LogP contribution in [0.15, 0.2) is 12.1 Å². The van der Waals surface area contributed by atoms with Gasteiger partial charge in [0.1, 0.15) is 12.1 Å². The highest BCUT2D eigenvalue weighted by Crippen LogP contribution is 2.25. The monoisotopic (exact) mass is 214 g/mol. The molecule has 4 heteroatoms. The van der Waals surface area contributed by atoms with Crippen molar-refractivity contribution >= 4 is 6.29 Å². The molecule has 0 aliphatic heterocycles. The Labute approximate surface area is 86.9 Å². The van der Waals surface area contributed by atoms with Crippen molar-refractivity contribution in [3.8, 4) is 5.75 Å². The third-order valence-corrected chi connectivity index (χ3v) is 2.06. The molecular weight excluding hydrogens is 202 g/mol. The topological polar surface area (TPSA) is 26.3 Å². The Morgan fingerprint density at radius 3 is 2.73 bits per heavy atom. The molecule has 0 saturated heterocycles. The number of methoxy groups -OCH3 is 1. The van der Waals surface area contributed by atoms with Gasteiger partial charge in [-0.2, -0.15) is 0 Å². The molecule has 2 nitrogen and oxygen atoms in total. The van der Waals surface area contributed by atoms with Crippen LogP contribution in [0, 0.1) is 11.6 Å². The van der Waals surface area contributed by atoms with Crippen LogP contribution >= 0.6 is 0 Å². The van der Waals surface area contributed by atoms with Crippen molar-refractivity contribution in [2.75, 3.05) is 7.11 Å². The van der Waals surface area contributed by atoms with Crippen LogP contribution in [0.5, 0.6) is 5.75 Å². The first-order chi connectivity index (χ1) is 7.19. The van der Waals surface area contributed by atoms with E-state index in [2.05, 4.69) is 0 Å². The molecular formula is C11H12F2O2. The number of hydrogen-bond acceptors (Lipinski definition) is 2. The lowest BCUT2D eigenvalue weighted by Crippen LogP contribution is -1.97. The Morgan fingerprint density at radius 2 is 2.13 bits per heavy atom. The minimum absolute atomic E-state index is 0.0577. The van der Waals surface area contributed by atoms with Gasteiger partial charge in [-0.15, -0.1) is 0 Å². The van der Waals surface area contributed by atoms with Crippen LogP contribution in [-0.2, 0) is 11.2 Å². The van der Waals surface area contributed by atoms with Crippen molar-refractivity contribution < 1.29 is 18.3 Å². The van der Waals surface area contributed by atoms with Gasteiger partial charge < -0.3 is 9.53 Å². The number of aryl methyl sites for hydroxylation is 1. The first-order valence-electron chi connectivity index (χ1n) is 4.64. The molecule has 0 heterocycles. The van der Waals surface area contributed by atoms with Crippen molar-refractivity contribution in [2.45, 2.75) is 19.3 Å². The molecule has 0 aliphatic rings. The second-order valence-electron chi connectivity index (χ2n) is 3.14. The highest BCUT2D eigenvalue weighted by Gasteiger charge is 2.11. The first kappa shape index (κ1) is 11.6. The van der Waals surface area contributed by atoms with Gasteiger partial charge in [-0.1, -0.05) is 0 Å². The van der Waals surface area contributed by atoms with Crippen LogP contribution in [0.25, 0.3) is 0 Å². The number of hydrogen-bond donors (Lipinski definition) is 0. The average Bonchev–Trinajstić information content (AvgIpc) is 2.17. The zero-order valence-electron chi connectivity index (χ0n) is 8.43. The predicted octanol–water partition coefficient (Wildman–Crippen LogP) is 2.50. The fourth-order valence-electron chi connectivity index (χ4n) is 1.40. The summed E-state index contributed by atoms with van der Waals surface area (Å²) in [5.41, 5.74) is 0.455. The number of unbranched alkanes of at least 4 members (excludes halogenated alkanes) is 1. The van der Waals surface area contributed by atoms with E-state index in [1.807, 2.05) is 0 Å². The van der Waals surface area contributed by atoms with E-state index >= 15 is 0 Å². The Kier molecular flexibility index (Phi) is 4.21. The molecule has 1 aromatic rings. The molecule has 0 amide bonds. The van der Waals surface area contributed by atoms with Gasteiger partial charge in [0.25, 0.3) is 0 Å². The van der Waals surface area contributed by atoms with Crippen molar-refractivity contribution in [2.24, 2.45) is 0 Å². The predicted molar refractivity (Wildman–Crippen MR) is 51.9 cm³/mol. The van der Waals surface area contributed by atoms with Crippen molar-refractivity contribution in [3.63, 3.8) is 0 Å². The summed E-state index contributed by atoms with van der Waals surface area (Å²) in [5, 5.41) is 0. The molecule has 0 saturated carbocycles. The number of benzene rings is 1. The van der Waals surface area contributed by atoms with E-state index in [4.69, 9.17) is 4.74 Å². The van der Waals surface area contributed by atoms with Gasteiger partial charge >= 0.3 is 0 Å². The summed E-state index contributed by atoms with van der Waals surface area (Å²) in [4.78, 5) is 10.1. The summed E-state index contributed by atoms with van der Waals surface area (Å²) in [6.07, 6.45) is 2.14. The molecule has 1 rings (SSSR count). The second kappa shape index (κ2) is 5.44. The summed E-state index contributed by atoms with van der Waals surface area (Å²) in [5.74, 6) is -1.28. The van der Waals surface area contributed by atoms with E-state index in [9.17, 15) is 13.6 Å². The van der Waals surface area contributed by atoms with Crippen LogP contribution in [0.3, 0.4) is 0 Å². The van der Waals surface area contributed by atoms with Gasteiger partial charge in [-0.05, 0) is 18.9 Å². The second-order valence-corrected chi connectivity index (χ2v) is 3.14. The van der Waals surface area contributed by atoms with Gasteiger partial charge in [0, 0.05) is 18.1 Å². The van der Waals surface area contributed by atoms with Gasteiger partial charge in [0.05, 0.1) is 7.11 Å². The molecule has 0 atom stereocenters. The van der Waals surface area contributed by atoms with Crippen molar-refractivity contribution in [3.05, 3.63) is 29.3 Å². The molecule has 0 spiro atoms. The number of carbonyl (C=O) groups excluding carboxylic acids is 1. The largest absolute Gasteiger partial charge is 0.493 e. The zero-order valence-corrected chi connectivity index (χ0v) is 8.43. The van der Waals surface area contributed by atoms with E-state index < -0.39 is 11.6 Å². The third-order valence-electron chi connectivity index (χ3n) is 2.06. The Morgan fingerprint density at radius 1 is 1.40 bits per heavy atom. The van der Waals surface area contributed by atoms with E-state index in [1.165, 1.54) is 13.2 Å². The van der Waals surface area contributed by atoms with Crippen LogP contribution in [0.4, 0.5) is 8.78 Å². The fourth-order valence-corrected chi connectivity index (χ4v) is 1.40. The van der Waals surface area contributed by atoms with Crippen LogP contribution in [0.1, 0.15) is 18.4 Å². The summed E-state index contributed by atoms with van der Waals surface area (Å²) in [6.45, 7) is 0. The van der Waals surface area contributed by atoms with Crippen LogP contribution in [-0.4, -0.2) is 13.4 Å². The number of halogens is 2. The van der Waals surface area contributed by atoms with Gasteiger partial charge in [0.15, 0.2) is 11.6 Å². The number of carbonyl (C=O) groups is 1. The molecule has 0 bridgehead atoms. The standard InChI is InChI=1S/C11H12F2O2/c1-15-11-8(4-2-3-5-14)6-9(12)7-10(11)13/h5-7H,2-4H2,1H3. The quantitative estimate of drug-likeness (QED) is 0.556. The first-order valence-corrected chi connectivity index (χ1v) is 4.64.